The van der Waals surface area contributed by atoms with Gasteiger partial charge in [0.05, 0.1) is 11.0 Å². The monoisotopic (exact) mass is 325 g/mol. The van der Waals surface area contributed by atoms with Crippen LogP contribution in [0.2, 0.25) is 0 Å². The summed E-state index contributed by atoms with van der Waals surface area (Å²) in [4.78, 5) is 25.1. The minimum absolute atomic E-state index is 0.188. The Labute approximate surface area is 141 Å². The maximum absolute atomic E-state index is 11.4. The summed E-state index contributed by atoms with van der Waals surface area (Å²) >= 11 is 0. The number of nitrogens with one attached hydrogen (secondary N) is 1. The molecular weight excluding hydrogens is 302 g/mol. The van der Waals surface area contributed by atoms with Crippen LogP contribution < -0.4 is 5.32 Å². The number of carbonyl (C=O) groups excluding carboxylic acids is 1. The predicted molar refractivity (Wildman–Crippen MR) is 92.5 cm³/mol. The average molecular weight is 325 g/mol. The summed E-state index contributed by atoms with van der Waals surface area (Å²) < 4.78 is 0. The van der Waals surface area contributed by atoms with Gasteiger partial charge in [0.25, 0.3) is 0 Å². The number of carbonyl (C=O) groups is 1. The van der Waals surface area contributed by atoms with Crippen LogP contribution in [0, 0.1) is 0 Å². The highest BCUT2D eigenvalue weighted by Crippen LogP contribution is 2.25. The number of rotatable bonds is 3. The van der Waals surface area contributed by atoms with Gasteiger partial charge in [-0.05, 0) is 24.6 Å². The molecule has 2 atom stereocenters. The van der Waals surface area contributed by atoms with Crippen LogP contribution in [0.5, 0.6) is 0 Å². The Balaban J connectivity index is 1.41. The molecule has 1 N–H and O–H groups in total. The van der Waals surface area contributed by atoms with Crippen molar-refractivity contribution in [1.29, 1.82) is 0 Å². The van der Waals surface area contributed by atoms with Gasteiger partial charge in [0.15, 0.2) is 0 Å². The molecule has 24 heavy (non-hydrogen) atoms. The van der Waals surface area contributed by atoms with Gasteiger partial charge in [0.1, 0.15) is 0 Å². The van der Waals surface area contributed by atoms with E-state index in [2.05, 4.69) is 50.2 Å². The molecule has 3 heterocycles. The van der Waals surface area contributed by atoms with E-state index in [1.807, 2.05) is 0 Å². The maximum atomic E-state index is 11.4. The van der Waals surface area contributed by atoms with E-state index in [9.17, 15) is 4.79 Å². The molecule has 4 rings (SSSR count). The van der Waals surface area contributed by atoms with E-state index in [1.165, 1.54) is 5.56 Å². The van der Waals surface area contributed by atoms with Crippen LogP contribution in [0.4, 0.5) is 0 Å². The maximum Gasteiger partial charge on any atom is 0.221 e. The first kappa shape index (κ1) is 15.5. The third kappa shape index (κ3) is 2.99. The molecule has 2 saturated heterocycles. The quantitative estimate of drug-likeness (QED) is 0.919. The number of hydrogen-bond acceptors (Lipinski definition) is 5. The van der Waals surface area contributed by atoms with E-state index in [-0.39, 0.29) is 5.91 Å². The first-order valence-corrected chi connectivity index (χ1v) is 8.66. The van der Waals surface area contributed by atoms with Crippen LogP contribution in [-0.4, -0.2) is 64.4 Å². The zero-order chi connectivity index (χ0) is 16.5. The van der Waals surface area contributed by atoms with Crippen molar-refractivity contribution >= 4 is 16.9 Å². The molecular formula is C18H23N5O. The van der Waals surface area contributed by atoms with Gasteiger partial charge in [-0.2, -0.15) is 0 Å². The molecule has 1 unspecified atom stereocenters. The first-order valence-electron chi connectivity index (χ1n) is 8.66. The molecule has 0 radical (unpaired) electrons. The van der Waals surface area contributed by atoms with E-state index >= 15 is 0 Å². The lowest BCUT2D eigenvalue weighted by molar-refractivity contribution is -0.119. The van der Waals surface area contributed by atoms with Crippen LogP contribution >= 0.6 is 0 Å². The van der Waals surface area contributed by atoms with Crippen molar-refractivity contribution in [2.24, 2.45) is 0 Å². The number of nitrogens with zero attached hydrogens (tertiary/aromatic N) is 4. The Morgan fingerprint density at radius 3 is 2.58 bits per heavy atom. The lowest BCUT2D eigenvalue weighted by Gasteiger charge is -2.40. The van der Waals surface area contributed by atoms with Crippen molar-refractivity contribution in [2.45, 2.75) is 25.4 Å². The summed E-state index contributed by atoms with van der Waals surface area (Å²) in [7, 11) is 0. The van der Waals surface area contributed by atoms with Gasteiger partial charge >= 0.3 is 0 Å². The SMILES string of the molecule is C[C@@H](c1ccc2nccnc2c1)N1CCN(C2CNC(=O)C2)CC1. The van der Waals surface area contributed by atoms with Gasteiger partial charge in [-0.1, -0.05) is 6.07 Å². The standard InChI is InChI=1S/C18H23N5O/c1-13(14-2-3-16-17(10-14)20-5-4-19-16)22-6-8-23(9-7-22)15-11-18(24)21-12-15/h2-5,10,13,15H,6-9,11-12H2,1H3,(H,21,24)/t13-,15?/m0/s1. The number of hydrogen-bond donors (Lipinski definition) is 1. The van der Waals surface area contributed by atoms with Gasteiger partial charge in [-0.15, -0.1) is 0 Å². The molecule has 1 amide bonds. The number of fused-ring (bicyclic) bond motifs is 1. The number of benzene rings is 1. The molecule has 6 nitrogen and oxygen atoms in total. The van der Waals surface area contributed by atoms with Gasteiger partial charge in [0.2, 0.25) is 5.91 Å². The van der Waals surface area contributed by atoms with Crippen LogP contribution in [-0.2, 0) is 4.79 Å². The highest BCUT2D eigenvalue weighted by molar-refractivity contribution is 5.79. The van der Waals surface area contributed by atoms with Gasteiger partial charge < -0.3 is 5.32 Å². The number of aromatic nitrogens is 2. The normalized spacial score (nSPS) is 24.2. The Morgan fingerprint density at radius 2 is 1.88 bits per heavy atom. The third-order valence-corrected chi connectivity index (χ3v) is 5.34. The third-order valence-electron chi connectivity index (χ3n) is 5.34. The van der Waals surface area contributed by atoms with Crippen LogP contribution in [0.15, 0.2) is 30.6 Å². The summed E-state index contributed by atoms with van der Waals surface area (Å²) in [5, 5.41) is 2.94. The largest absolute Gasteiger partial charge is 0.354 e. The van der Waals surface area contributed by atoms with Crippen molar-refractivity contribution in [3.05, 3.63) is 36.2 Å². The topological polar surface area (TPSA) is 61.4 Å². The first-order chi connectivity index (χ1) is 11.7. The molecule has 0 bridgehead atoms. The second kappa shape index (κ2) is 6.45. The number of amides is 1. The lowest BCUT2D eigenvalue weighted by atomic mass is 10.0. The van der Waals surface area contributed by atoms with E-state index in [4.69, 9.17) is 0 Å². The molecule has 0 spiro atoms. The summed E-state index contributed by atoms with van der Waals surface area (Å²) in [6, 6.07) is 7.11. The summed E-state index contributed by atoms with van der Waals surface area (Å²) in [6.07, 6.45) is 4.12. The van der Waals surface area contributed by atoms with E-state index in [1.54, 1.807) is 12.4 Å². The molecule has 0 saturated carbocycles. The Hall–Kier alpha value is -2.05. The van der Waals surface area contributed by atoms with Gasteiger partial charge in [-0.25, -0.2) is 0 Å². The highest BCUT2D eigenvalue weighted by Gasteiger charge is 2.30. The summed E-state index contributed by atoms with van der Waals surface area (Å²) in [5.74, 6) is 0.188. The molecule has 126 valence electrons. The second-order valence-electron chi connectivity index (χ2n) is 6.71. The van der Waals surface area contributed by atoms with Crippen molar-refractivity contribution < 1.29 is 4.79 Å². The van der Waals surface area contributed by atoms with Crippen molar-refractivity contribution in [3.8, 4) is 0 Å². The van der Waals surface area contributed by atoms with Crippen LogP contribution in [0.3, 0.4) is 0 Å². The minimum Gasteiger partial charge on any atom is -0.354 e. The van der Waals surface area contributed by atoms with Crippen LogP contribution in [0.25, 0.3) is 11.0 Å². The second-order valence-corrected chi connectivity index (χ2v) is 6.71. The van der Waals surface area contributed by atoms with E-state index in [0.717, 1.165) is 43.8 Å². The van der Waals surface area contributed by atoms with Gasteiger partial charge in [0, 0.05) is 63.6 Å². The lowest BCUT2D eigenvalue weighted by Crippen LogP contribution is -2.51. The average Bonchev–Trinajstić information content (AvgIpc) is 3.07. The van der Waals surface area contributed by atoms with E-state index in [0.29, 0.717) is 18.5 Å². The molecule has 1 aromatic heterocycles. The van der Waals surface area contributed by atoms with Crippen molar-refractivity contribution in [1.82, 2.24) is 25.1 Å². The summed E-state index contributed by atoms with van der Waals surface area (Å²) in [6.45, 7) is 7.18. The molecule has 2 aliphatic heterocycles. The number of piperazine rings is 1. The zero-order valence-electron chi connectivity index (χ0n) is 14.0. The highest BCUT2D eigenvalue weighted by atomic mass is 16.1. The van der Waals surface area contributed by atoms with E-state index < -0.39 is 0 Å². The zero-order valence-corrected chi connectivity index (χ0v) is 14.0. The molecule has 1 aromatic carbocycles. The fourth-order valence-electron chi connectivity index (χ4n) is 3.79. The predicted octanol–water partition coefficient (Wildman–Crippen LogP) is 1.20. The molecule has 2 aromatic rings. The van der Waals surface area contributed by atoms with Crippen molar-refractivity contribution in [2.75, 3.05) is 32.7 Å². The molecule has 2 aliphatic rings. The Kier molecular flexibility index (Phi) is 4.16. The Bertz CT molecular complexity index is 741. The smallest absolute Gasteiger partial charge is 0.221 e. The van der Waals surface area contributed by atoms with Crippen LogP contribution in [0.1, 0.15) is 24.9 Å². The molecule has 0 aliphatic carbocycles. The molecule has 6 heteroatoms. The van der Waals surface area contributed by atoms with Gasteiger partial charge in [-0.3, -0.25) is 24.6 Å². The fraction of sp³-hybridized carbons (Fsp3) is 0.500. The van der Waals surface area contributed by atoms with Crippen molar-refractivity contribution in [3.63, 3.8) is 0 Å². The minimum atomic E-state index is 0.188. The fourth-order valence-corrected chi connectivity index (χ4v) is 3.79. The Morgan fingerprint density at radius 1 is 1.12 bits per heavy atom. The summed E-state index contributed by atoms with van der Waals surface area (Å²) in [5.41, 5.74) is 3.18. The molecule has 2 fully saturated rings.